The van der Waals surface area contributed by atoms with E-state index in [0.29, 0.717) is 17.1 Å². The molecule has 2 nitrogen and oxygen atoms in total. The molecule has 0 saturated heterocycles. The Morgan fingerprint density at radius 2 is 2.00 bits per heavy atom. The molecule has 0 radical (unpaired) electrons. The Morgan fingerprint density at radius 1 is 1.27 bits per heavy atom. The van der Waals surface area contributed by atoms with Gasteiger partial charge in [-0.05, 0) is 37.7 Å². The summed E-state index contributed by atoms with van der Waals surface area (Å²) in [6.07, 6.45) is 5.11. The molecule has 0 N–H and O–H groups in total. The molecule has 3 heteroatoms. The minimum absolute atomic E-state index is 0.326. The highest BCUT2D eigenvalue weighted by molar-refractivity contribution is 6.29. The number of aromatic nitrogens is 1. The molecule has 1 heterocycles. The zero-order valence-electron chi connectivity index (χ0n) is 8.95. The van der Waals surface area contributed by atoms with Crippen LogP contribution in [0.15, 0.2) is 18.2 Å². The fourth-order valence-electron chi connectivity index (χ4n) is 1.97. The van der Waals surface area contributed by atoms with Gasteiger partial charge in [-0.25, -0.2) is 4.98 Å². The first-order valence-corrected chi connectivity index (χ1v) is 5.91. The molecule has 0 bridgehead atoms. The molecule has 0 atom stereocenters. The third-order valence-corrected chi connectivity index (χ3v) is 3.15. The van der Waals surface area contributed by atoms with Crippen molar-refractivity contribution in [3.8, 4) is 5.88 Å². The summed E-state index contributed by atoms with van der Waals surface area (Å²) >= 11 is 5.79. The molecule has 1 aliphatic carbocycles. The van der Waals surface area contributed by atoms with Crippen molar-refractivity contribution in [1.29, 1.82) is 0 Å². The molecule has 1 aromatic heterocycles. The number of pyridine rings is 1. The molecule has 0 aliphatic heterocycles. The number of hydrogen-bond donors (Lipinski definition) is 0. The van der Waals surface area contributed by atoms with Crippen molar-refractivity contribution >= 4 is 11.6 Å². The quantitative estimate of drug-likeness (QED) is 0.717. The summed E-state index contributed by atoms with van der Waals surface area (Å²) in [6.45, 7) is 2.30. The molecular formula is C12H16ClNO. The fourth-order valence-corrected chi connectivity index (χ4v) is 2.13. The smallest absolute Gasteiger partial charge is 0.214 e. The first-order valence-electron chi connectivity index (χ1n) is 5.53. The molecule has 1 fully saturated rings. The lowest BCUT2D eigenvalue weighted by atomic mass is 9.89. The maximum Gasteiger partial charge on any atom is 0.214 e. The van der Waals surface area contributed by atoms with Gasteiger partial charge in [-0.1, -0.05) is 24.6 Å². The predicted molar refractivity (Wildman–Crippen MR) is 61.3 cm³/mol. The van der Waals surface area contributed by atoms with Gasteiger partial charge < -0.3 is 4.74 Å². The molecule has 1 saturated carbocycles. The molecule has 2 rings (SSSR count). The van der Waals surface area contributed by atoms with Crippen LogP contribution < -0.4 is 4.74 Å². The third kappa shape index (κ3) is 3.10. The van der Waals surface area contributed by atoms with Crippen LogP contribution in [0.5, 0.6) is 5.88 Å². The van der Waals surface area contributed by atoms with Crippen LogP contribution in [0.3, 0.4) is 0 Å². The Hall–Kier alpha value is -0.760. The highest BCUT2D eigenvalue weighted by atomic mass is 35.5. The fraction of sp³-hybridized carbons (Fsp3) is 0.583. The maximum absolute atomic E-state index is 5.79. The van der Waals surface area contributed by atoms with Gasteiger partial charge in [-0.2, -0.15) is 0 Å². The number of ether oxygens (including phenoxy) is 1. The molecule has 0 amide bonds. The van der Waals surface area contributed by atoms with Gasteiger partial charge in [-0.3, -0.25) is 0 Å². The van der Waals surface area contributed by atoms with E-state index in [9.17, 15) is 0 Å². The van der Waals surface area contributed by atoms with Crippen molar-refractivity contribution in [2.75, 3.05) is 0 Å². The summed E-state index contributed by atoms with van der Waals surface area (Å²) in [7, 11) is 0. The first kappa shape index (κ1) is 10.7. The van der Waals surface area contributed by atoms with E-state index in [2.05, 4.69) is 11.9 Å². The van der Waals surface area contributed by atoms with Crippen LogP contribution in [-0.4, -0.2) is 11.1 Å². The number of hydrogen-bond acceptors (Lipinski definition) is 2. The second kappa shape index (κ2) is 4.84. The molecule has 0 unspecified atom stereocenters. The summed E-state index contributed by atoms with van der Waals surface area (Å²) in [6, 6.07) is 5.50. The largest absolute Gasteiger partial charge is 0.474 e. The number of rotatable bonds is 2. The Morgan fingerprint density at radius 3 is 2.67 bits per heavy atom. The lowest BCUT2D eigenvalue weighted by Gasteiger charge is -2.26. The zero-order chi connectivity index (χ0) is 10.7. The second-order valence-electron chi connectivity index (χ2n) is 4.30. The van der Waals surface area contributed by atoms with Gasteiger partial charge in [0.1, 0.15) is 11.3 Å². The maximum atomic E-state index is 5.79. The lowest BCUT2D eigenvalue weighted by molar-refractivity contribution is 0.130. The summed E-state index contributed by atoms with van der Waals surface area (Å²) in [5, 5.41) is 0.497. The van der Waals surface area contributed by atoms with E-state index >= 15 is 0 Å². The van der Waals surface area contributed by atoms with Gasteiger partial charge >= 0.3 is 0 Å². The molecular weight excluding hydrogens is 210 g/mol. The van der Waals surface area contributed by atoms with E-state index in [1.54, 1.807) is 6.07 Å². The molecule has 82 valence electrons. The average Bonchev–Trinajstić information content (AvgIpc) is 2.22. The molecule has 15 heavy (non-hydrogen) atoms. The average molecular weight is 226 g/mol. The summed E-state index contributed by atoms with van der Waals surface area (Å²) < 4.78 is 5.79. The van der Waals surface area contributed by atoms with Crippen LogP contribution >= 0.6 is 11.6 Å². The van der Waals surface area contributed by atoms with E-state index in [4.69, 9.17) is 16.3 Å². The Labute approximate surface area is 95.6 Å². The third-order valence-electron chi connectivity index (χ3n) is 2.94. The lowest BCUT2D eigenvalue weighted by Crippen LogP contribution is -2.23. The monoisotopic (exact) mass is 225 g/mol. The Bertz CT molecular complexity index is 321. The first-order chi connectivity index (χ1) is 7.24. The van der Waals surface area contributed by atoms with Crippen LogP contribution in [0, 0.1) is 5.92 Å². The van der Waals surface area contributed by atoms with Crippen LogP contribution in [0.4, 0.5) is 0 Å². The Balaban J connectivity index is 1.92. The van der Waals surface area contributed by atoms with E-state index in [0.717, 1.165) is 18.8 Å². The summed E-state index contributed by atoms with van der Waals surface area (Å²) in [5.41, 5.74) is 0. The van der Waals surface area contributed by atoms with Gasteiger partial charge in [0.05, 0.1) is 0 Å². The van der Waals surface area contributed by atoms with Crippen LogP contribution in [0.2, 0.25) is 5.15 Å². The Kier molecular flexibility index (Phi) is 3.47. The van der Waals surface area contributed by atoms with Crippen molar-refractivity contribution in [2.45, 2.75) is 38.7 Å². The van der Waals surface area contributed by atoms with Crippen molar-refractivity contribution in [3.63, 3.8) is 0 Å². The van der Waals surface area contributed by atoms with Gasteiger partial charge in [-0.15, -0.1) is 0 Å². The van der Waals surface area contributed by atoms with Crippen LogP contribution in [-0.2, 0) is 0 Å². The van der Waals surface area contributed by atoms with Crippen molar-refractivity contribution in [3.05, 3.63) is 23.4 Å². The molecule has 0 spiro atoms. The van der Waals surface area contributed by atoms with E-state index in [-0.39, 0.29) is 0 Å². The molecule has 0 aromatic carbocycles. The predicted octanol–water partition coefficient (Wildman–Crippen LogP) is 3.69. The van der Waals surface area contributed by atoms with E-state index in [1.165, 1.54) is 12.8 Å². The highest BCUT2D eigenvalue weighted by Gasteiger charge is 2.19. The molecule has 1 aromatic rings. The SMILES string of the molecule is CC1CCC(Oc2cccc(Cl)n2)CC1. The number of nitrogens with zero attached hydrogens (tertiary/aromatic N) is 1. The molecule has 1 aliphatic rings. The summed E-state index contributed by atoms with van der Waals surface area (Å²) in [5.74, 6) is 1.50. The van der Waals surface area contributed by atoms with E-state index in [1.807, 2.05) is 12.1 Å². The minimum atomic E-state index is 0.326. The minimum Gasteiger partial charge on any atom is -0.474 e. The normalized spacial score (nSPS) is 26.3. The topological polar surface area (TPSA) is 22.1 Å². The number of halogens is 1. The van der Waals surface area contributed by atoms with Gasteiger partial charge in [0.15, 0.2) is 0 Å². The van der Waals surface area contributed by atoms with Gasteiger partial charge in [0, 0.05) is 6.07 Å². The summed E-state index contributed by atoms with van der Waals surface area (Å²) in [4.78, 5) is 4.13. The standard InChI is InChI=1S/C12H16ClNO/c1-9-5-7-10(8-6-9)15-12-4-2-3-11(13)14-12/h2-4,9-10H,5-8H2,1H3. The van der Waals surface area contributed by atoms with Gasteiger partial charge in [0.25, 0.3) is 0 Å². The zero-order valence-corrected chi connectivity index (χ0v) is 9.70. The van der Waals surface area contributed by atoms with Crippen molar-refractivity contribution in [2.24, 2.45) is 5.92 Å². The van der Waals surface area contributed by atoms with E-state index < -0.39 is 0 Å². The van der Waals surface area contributed by atoms with Crippen LogP contribution in [0.25, 0.3) is 0 Å². The van der Waals surface area contributed by atoms with Crippen molar-refractivity contribution in [1.82, 2.24) is 4.98 Å². The highest BCUT2D eigenvalue weighted by Crippen LogP contribution is 2.26. The second-order valence-corrected chi connectivity index (χ2v) is 4.69. The van der Waals surface area contributed by atoms with Gasteiger partial charge in [0.2, 0.25) is 5.88 Å². The van der Waals surface area contributed by atoms with Crippen LogP contribution in [0.1, 0.15) is 32.6 Å². The van der Waals surface area contributed by atoms with Crippen molar-refractivity contribution < 1.29 is 4.74 Å².